The van der Waals surface area contributed by atoms with Gasteiger partial charge in [-0.05, 0) is 44.7 Å². The molecule has 1 unspecified atom stereocenters. The molecule has 0 N–H and O–H groups in total. The van der Waals surface area contributed by atoms with Crippen molar-refractivity contribution in [2.75, 3.05) is 6.54 Å². The van der Waals surface area contributed by atoms with Gasteiger partial charge in [0, 0.05) is 12.6 Å². The van der Waals surface area contributed by atoms with Gasteiger partial charge < -0.3 is 0 Å². The van der Waals surface area contributed by atoms with Gasteiger partial charge in [0.15, 0.2) is 0 Å². The maximum atomic E-state index is 12.9. The number of nitrogens with zero attached hydrogens (tertiary/aromatic N) is 1. The summed E-state index contributed by atoms with van der Waals surface area (Å²) in [6.45, 7) is 4.79. The Morgan fingerprint density at radius 2 is 1.91 bits per heavy atom. The fourth-order valence-electron chi connectivity index (χ4n) is 3.03. The Morgan fingerprint density at radius 3 is 2.61 bits per heavy atom. The number of benzene rings is 1. The number of aryl methyl sites for hydroxylation is 1. The second-order valence-electron chi connectivity index (χ2n) is 6.42. The van der Waals surface area contributed by atoms with Gasteiger partial charge in [-0.3, -0.25) is 0 Å². The van der Waals surface area contributed by atoms with E-state index >= 15 is 0 Å². The SMILES string of the molecule is CCCCC/C=C/C1CCCCN1S(=O)(=O)c1ccc(C)cc1. The first kappa shape index (κ1) is 18.2. The Balaban J connectivity index is 2.11. The van der Waals surface area contributed by atoms with Crippen molar-refractivity contribution in [3.8, 4) is 0 Å². The lowest BCUT2D eigenvalue weighted by molar-refractivity contribution is 0.291. The van der Waals surface area contributed by atoms with Gasteiger partial charge in [-0.25, -0.2) is 8.42 Å². The predicted octanol–water partition coefficient (Wildman–Crippen LogP) is 4.67. The van der Waals surface area contributed by atoms with E-state index in [0.717, 1.165) is 31.2 Å². The Hall–Kier alpha value is -1.13. The molecule has 3 nitrogen and oxygen atoms in total. The van der Waals surface area contributed by atoms with Gasteiger partial charge in [0.25, 0.3) is 0 Å². The third-order valence-corrected chi connectivity index (χ3v) is 6.40. The summed E-state index contributed by atoms with van der Waals surface area (Å²) in [5.41, 5.74) is 1.08. The van der Waals surface area contributed by atoms with Crippen molar-refractivity contribution in [1.29, 1.82) is 0 Å². The Bertz CT molecular complexity index is 605. The topological polar surface area (TPSA) is 37.4 Å². The van der Waals surface area contributed by atoms with E-state index in [1.54, 1.807) is 16.4 Å². The van der Waals surface area contributed by atoms with Crippen LogP contribution in [0.15, 0.2) is 41.3 Å². The number of rotatable bonds is 7. The van der Waals surface area contributed by atoms with Crippen molar-refractivity contribution >= 4 is 10.0 Å². The average Bonchev–Trinajstić information content (AvgIpc) is 2.55. The van der Waals surface area contributed by atoms with Crippen molar-refractivity contribution in [1.82, 2.24) is 4.31 Å². The van der Waals surface area contributed by atoms with Gasteiger partial charge in [-0.15, -0.1) is 0 Å². The van der Waals surface area contributed by atoms with Gasteiger partial charge in [0.2, 0.25) is 10.0 Å². The monoisotopic (exact) mass is 335 g/mol. The maximum Gasteiger partial charge on any atom is 0.243 e. The summed E-state index contributed by atoms with van der Waals surface area (Å²) in [4.78, 5) is 0.411. The van der Waals surface area contributed by atoms with Crippen LogP contribution in [-0.2, 0) is 10.0 Å². The predicted molar refractivity (Wildman–Crippen MR) is 96.0 cm³/mol. The summed E-state index contributed by atoms with van der Waals surface area (Å²) < 4.78 is 27.6. The normalized spacial score (nSPS) is 20.2. The second-order valence-corrected chi connectivity index (χ2v) is 8.31. The molecule has 0 spiro atoms. The zero-order chi connectivity index (χ0) is 16.7. The molecule has 1 aromatic rings. The molecule has 0 amide bonds. The summed E-state index contributed by atoms with van der Waals surface area (Å²) in [7, 11) is -3.39. The molecule has 0 aromatic heterocycles. The van der Waals surface area contributed by atoms with Crippen molar-refractivity contribution in [3.63, 3.8) is 0 Å². The van der Waals surface area contributed by atoms with Crippen molar-refractivity contribution < 1.29 is 8.42 Å². The highest BCUT2D eigenvalue weighted by Gasteiger charge is 2.31. The molecule has 0 bridgehead atoms. The highest BCUT2D eigenvalue weighted by atomic mass is 32.2. The summed E-state index contributed by atoms with van der Waals surface area (Å²) in [6.07, 6.45) is 11.9. The highest BCUT2D eigenvalue weighted by molar-refractivity contribution is 7.89. The third kappa shape index (κ3) is 4.92. The first-order valence-corrected chi connectivity index (χ1v) is 10.2. The number of allylic oxidation sites excluding steroid dienone is 1. The molecule has 0 radical (unpaired) electrons. The first-order valence-electron chi connectivity index (χ1n) is 8.81. The molecule has 1 saturated heterocycles. The van der Waals surface area contributed by atoms with Crippen LogP contribution in [0.4, 0.5) is 0 Å². The molecule has 2 rings (SSSR count). The fourth-order valence-corrected chi connectivity index (χ4v) is 4.69. The van der Waals surface area contributed by atoms with Gasteiger partial charge >= 0.3 is 0 Å². The molecule has 1 fully saturated rings. The van der Waals surface area contributed by atoms with E-state index in [9.17, 15) is 8.42 Å². The van der Waals surface area contributed by atoms with Crippen LogP contribution in [0.25, 0.3) is 0 Å². The highest BCUT2D eigenvalue weighted by Crippen LogP contribution is 2.26. The minimum absolute atomic E-state index is 0.0108. The quantitative estimate of drug-likeness (QED) is 0.536. The van der Waals surface area contributed by atoms with Gasteiger partial charge in [0.05, 0.1) is 4.90 Å². The van der Waals surface area contributed by atoms with Gasteiger partial charge in [0.1, 0.15) is 0 Å². The minimum atomic E-state index is -3.39. The third-order valence-electron chi connectivity index (χ3n) is 4.46. The van der Waals surface area contributed by atoms with Crippen molar-refractivity contribution in [2.24, 2.45) is 0 Å². The molecule has 1 heterocycles. The van der Waals surface area contributed by atoms with Crippen LogP contribution in [-0.4, -0.2) is 25.3 Å². The molecule has 1 aliphatic heterocycles. The largest absolute Gasteiger partial charge is 0.243 e. The standard InChI is InChI=1S/C19H29NO2S/c1-3-4-5-6-7-10-18-11-8-9-16-20(18)23(21,22)19-14-12-17(2)13-15-19/h7,10,12-15,18H,3-6,8-9,11,16H2,1-2H3/b10-7+. The molecule has 4 heteroatoms. The molecule has 0 aliphatic carbocycles. The van der Waals surface area contributed by atoms with E-state index < -0.39 is 10.0 Å². The fraction of sp³-hybridized carbons (Fsp3) is 0.579. The van der Waals surface area contributed by atoms with Crippen LogP contribution in [0.3, 0.4) is 0 Å². The van der Waals surface area contributed by atoms with Crippen LogP contribution < -0.4 is 0 Å². The van der Waals surface area contributed by atoms with Crippen molar-refractivity contribution in [2.45, 2.75) is 69.7 Å². The van der Waals surface area contributed by atoms with E-state index in [1.807, 2.05) is 19.1 Å². The minimum Gasteiger partial charge on any atom is -0.207 e. The summed E-state index contributed by atoms with van der Waals surface area (Å²) >= 11 is 0. The molecule has 23 heavy (non-hydrogen) atoms. The van der Waals surface area contributed by atoms with Crippen molar-refractivity contribution in [3.05, 3.63) is 42.0 Å². The van der Waals surface area contributed by atoms with Crippen LogP contribution in [0.2, 0.25) is 0 Å². The molecule has 1 atom stereocenters. The molecular weight excluding hydrogens is 306 g/mol. The van der Waals surface area contributed by atoms with E-state index in [2.05, 4.69) is 19.1 Å². The number of hydrogen-bond acceptors (Lipinski definition) is 2. The lowest BCUT2D eigenvalue weighted by Gasteiger charge is -2.33. The first-order chi connectivity index (χ1) is 11.1. The zero-order valence-corrected chi connectivity index (χ0v) is 15.2. The molecular formula is C19H29NO2S. The Kier molecular flexibility index (Phi) is 6.85. The molecule has 1 aliphatic rings. The van der Waals surface area contributed by atoms with E-state index in [4.69, 9.17) is 0 Å². The summed E-state index contributed by atoms with van der Waals surface area (Å²) in [5, 5.41) is 0. The number of hydrogen-bond donors (Lipinski definition) is 0. The Morgan fingerprint density at radius 1 is 1.17 bits per heavy atom. The molecule has 128 valence electrons. The van der Waals surface area contributed by atoms with E-state index in [-0.39, 0.29) is 6.04 Å². The number of sulfonamides is 1. The number of unbranched alkanes of at least 4 members (excludes halogenated alkanes) is 3. The van der Waals surface area contributed by atoms with E-state index in [0.29, 0.717) is 11.4 Å². The Labute approximate surface area is 141 Å². The van der Waals surface area contributed by atoms with Crippen LogP contribution >= 0.6 is 0 Å². The number of piperidine rings is 1. The smallest absolute Gasteiger partial charge is 0.207 e. The molecule has 0 saturated carbocycles. The summed E-state index contributed by atoms with van der Waals surface area (Å²) in [5.74, 6) is 0. The van der Waals surface area contributed by atoms with Gasteiger partial charge in [-0.2, -0.15) is 4.31 Å². The second kappa shape index (κ2) is 8.65. The van der Waals surface area contributed by atoms with Crippen LogP contribution in [0, 0.1) is 6.92 Å². The maximum absolute atomic E-state index is 12.9. The lowest BCUT2D eigenvalue weighted by Crippen LogP contribution is -2.42. The van der Waals surface area contributed by atoms with E-state index in [1.165, 1.54) is 19.3 Å². The van der Waals surface area contributed by atoms with Gasteiger partial charge in [-0.1, -0.05) is 56.0 Å². The lowest BCUT2D eigenvalue weighted by atomic mass is 10.0. The summed E-state index contributed by atoms with van der Waals surface area (Å²) in [6, 6.07) is 7.19. The molecule has 1 aromatic carbocycles. The average molecular weight is 336 g/mol. The van der Waals surface area contributed by atoms with Crippen LogP contribution in [0.1, 0.15) is 57.4 Å². The van der Waals surface area contributed by atoms with Crippen LogP contribution in [0.5, 0.6) is 0 Å². The zero-order valence-electron chi connectivity index (χ0n) is 14.4.